The van der Waals surface area contributed by atoms with Crippen LogP contribution in [-0.4, -0.2) is 15.0 Å². The molecule has 0 amide bonds. The third-order valence-electron chi connectivity index (χ3n) is 2.39. The highest BCUT2D eigenvalue weighted by molar-refractivity contribution is 9.10. The van der Waals surface area contributed by atoms with E-state index in [1.165, 1.54) is 6.07 Å². The highest BCUT2D eigenvalue weighted by Crippen LogP contribution is 2.21. The van der Waals surface area contributed by atoms with Gasteiger partial charge in [-0.25, -0.2) is 9.07 Å². The molecule has 0 bridgehead atoms. The van der Waals surface area contributed by atoms with E-state index in [1.54, 1.807) is 16.9 Å². The lowest BCUT2D eigenvalue weighted by atomic mass is 10.2. The molecule has 4 nitrogen and oxygen atoms in total. The quantitative estimate of drug-likeness (QED) is 0.945. The zero-order chi connectivity index (χ0) is 12.4. The van der Waals surface area contributed by atoms with Gasteiger partial charge in [-0.15, -0.1) is 5.10 Å². The highest BCUT2D eigenvalue weighted by atomic mass is 79.9. The Kier molecular flexibility index (Phi) is 3.54. The van der Waals surface area contributed by atoms with E-state index in [4.69, 9.17) is 5.73 Å². The first kappa shape index (κ1) is 12.2. The number of nitrogens with zero attached hydrogens (tertiary/aromatic N) is 3. The average molecular weight is 299 g/mol. The summed E-state index contributed by atoms with van der Waals surface area (Å²) in [6.07, 6.45) is 1.77. The molecule has 2 N–H and O–H groups in total. The Labute approximate surface area is 107 Å². The smallest absolute Gasteiger partial charge is 0.137 e. The first-order chi connectivity index (χ1) is 8.08. The molecule has 0 radical (unpaired) electrons. The van der Waals surface area contributed by atoms with Gasteiger partial charge in [0.15, 0.2) is 0 Å². The Hall–Kier alpha value is -1.27. The van der Waals surface area contributed by atoms with Gasteiger partial charge in [0.2, 0.25) is 0 Å². The fourth-order valence-electron chi connectivity index (χ4n) is 1.44. The van der Waals surface area contributed by atoms with Crippen LogP contribution < -0.4 is 5.73 Å². The molecular weight excluding hydrogens is 287 g/mol. The van der Waals surface area contributed by atoms with E-state index in [2.05, 4.69) is 26.2 Å². The van der Waals surface area contributed by atoms with Crippen LogP contribution in [-0.2, 0) is 6.54 Å². The lowest BCUT2D eigenvalue weighted by Gasteiger charge is -2.04. The van der Waals surface area contributed by atoms with E-state index < -0.39 is 0 Å². The van der Waals surface area contributed by atoms with Crippen LogP contribution in [0.25, 0.3) is 0 Å². The summed E-state index contributed by atoms with van der Waals surface area (Å²) in [7, 11) is 0. The molecule has 6 heteroatoms. The zero-order valence-corrected chi connectivity index (χ0v) is 10.9. The minimum absolute atomic E-state index is 0.153. The summed E-state index contributed by atoms with van der Waals surface area (Å²) in [4.78, 5) is 0. The molecule has 0 saturated carbocycles. The third kappa shape index (κ3) is 2.70. The molecule has 1 aromatic carbocycles. The number of hydrogen-bond donors (Lipinski definition) is 1. The normalized spacial score (nSPS) is 12.7. The molecule has 0 aliphatic heterocycles. The van der Waals surface area contributed by atoms with Gasteiger partial charge in [-0.05, 0) is 34.5 Å². The van der Waals surface area contributed by atoms with Gasteiger partial charge >= 0.3 is 0 Å². The summed E-state index contributed by atoms with van der Waals surface area (Å²) < 4.78 is 15.4. The van der Waals surface area contributed by atoms with Crippen molar-refractivity contribution in [3.63, 3.8) is 0 Å². The van der Waals surface area contributed by atoms with Gasteiger partial charge in [0, 0.05) is 6.04 Å². The second kappa shape index (κ2) is 4.93. The predicted molar refractivity (Wildman–Crippen MR) is 65.8 cm³/mol. The van der Waals surface area contributed by atoms with Crippen molar-refractivity contribution in [3.05, 3.63) is 45.9 Å². The summed E-state index contributed by atoms with van der Waals surface area (Å²) in [6.45, 7) is 2.30. The molecule has 0 saturated heterocycles. The van der Waals surface area contributed by atoms with Crippen molar-refractivity contribution in [1.29, 1.82) is 0 Å². The van der Waals surface area contributed by atoms with Crippen LogP contribution >= 0.6 is 15.9 Å². The van der Waals surface area contributed by atoms with Crippen molar-refractivity contribution in [3.8, 4) is 0 Å². The van der Waals surface area contributed by atoms with Gasteiger partial charge in [-0.1, -0.05) is 17.3 Å². The van der Waals surface area contributed by atoms with Crippen LogP contribution in [0.2, 0.25) is 0 Å². The number of halogens is 2. The first-order valence-electron chi connectivity index (χ1n) is 5.16. The molecule has 1 aromatic heterocycles. The lowest BCUT2D eigenvalue weighted by molar-refractivity contribution is 0.606. The number of benzene rings is 1. The molecule has 0 aliphatic rings. The van der Waals surface area contributed by atoms with E-state index in [0.717, 1.165) is 11.3 Å². The molecule has 1 heterocycles. The van der Waals surface area contributed by atoms with Gasteiger partial charge < -0.3 is 5.73 Å². The van der Waals surface area contributed by atoms with Gasteiger partial charge in [0.05, 0.1) is 22.9 Å². The SMILES string of the molecule is CC(N)c1cn(Cc2cccc(F)c2Br)nn1. The maximum Gasteiger partial charge on any atom is 0.137 e. The second-order valence-corrected chi connectivity index (χ2v) is 4.64. The van der Waals surface area contributed by atoms with Gasteiger partial charge in [0.25, 0.3) is 0 Å². The highest BCUT2D eigenvalue weighted by Gasteiger charge is 2.09. The van der Waals surface area contributed by atoms with Crippen LogP contribution in [0.15, 0.2) is 28.9 Å². The van der Waals surface area contributed by atoms with Crippen molar-refractivity contribution in [2.45, 2.75) is 19.5 Å². The summed E-state index contributed by atoms with van der Waals surface area (Å²) in [6, 6.07) is 4.75. The zero-order valence-electron chi connectivity index (χ0n) is 9.27. The van der Waals surface area contributed by atoms with E-state index in [1.807, 2.05) is 13.0 Å². The number of nitrogens with two attached hydrogens (primary N) is 1. The molecule has 2 rings (SSSR count). The molecule has 17 heavy (non-hydrogen) atoms. The molecule has 1 atom stereocenters. The Balaban J connectivity index is 2.22. The Morgan fingerprint density at radius 3 is 2.94 bits per heavy atom. The number of rotatable bonds is 3. The third-order valence-corrected chi connectivity index (χ3v) is 3.27. The van der Waals surface area contributed by atoms with Crippen LogP contribution in [0, 0.1) is 5.82 Å². The van der Waals surface area contributed by atoms with Crippen LogP contribution in [0.1, 0.15) is 24.2 Å². The Bertz CT molecular complexity index is 524. The maximum absolute atomic E-state index is 13.3. The molecule has 0 aliphatic carbocycles. The summed E-state index contributed by atoms with van der Waals surface area (Å²) in [5, 5.41) is 7.89. The van der Waals surface area contributed by atoms with Crippen LogP contribution in [0.3, 0.4) is 0 Å². The monoisotopic (exact) mass is 298 g/mol. The average Bonchev–Trinajstić information content (AvgIpc) is 2.73. The molecule has 90 valence electrons. The van der Waals surface area contributed by atoms with Crippen molar-refractivity contribution >= 4 is 15.9 Å². The fraction of sp³-hybridized carbons (Fsp3) is 0.273. The van der Waals surface area contributed by atoms with Gasteiger partial charge in [0.1, 0.15) is 5.82 Å². The summed E-state index contributed by atoms with van der Waals surface area (Å²) in [5.41, 5.74) is 7.22. The summed E-state index contributed by atoms with van der Waals surface area (Å²) >= 11 is 3.21. The van der Waals surface area contributed by atoms with Crippen molar-refractivity contribution in [2.24, 2.45) is 5.73 Å². The first-order valence-corrected chi connectivity index (χ1v) is 5.95. The standard InChI is InChI=1S/C11H12BrFN4/c1-7(14)10-6-17(16-15-10)5-8-3-2-4-9(13)11(8)12/h2-4,6-7H,5,14H2,1H3. The topological polar surface area (TPSA) is 56.7 Å². The van der Waals surface area contributed by atoms with Gasteiger partial charge in [-0.2, -0.15) is 0 Å². The van der Waals surface area contributed by atoms with E-state index in [9.17, 15) is 4.39 Å². The van der Waals surface area contributed by atoms with E-state index in [-0.39, 0.29) is 11.9 Å². The van der Waals surface area contributed by atoms with Crippen molar-refractivity contribution in [1.82, 2.24) is 15.0 Å². The largest absolute Gasteiger partial charge is 0.323 e. The summed E-state index contributed by atoms with van der Waals surface area (Å²) in [5.74, 6) is -0.282. The fourth-order valence-corrected chi connectivity index (χ4v) is 1.83. The van der Waals surface area contributed by atoms with Gasteiger partial charge in [-0.3, -0.25) is 0 Å². The Morgan fingerprint density at radius 1 is 1.53 bits per heavy atom. The van der Waals surface area contributed by atoms with Crippen molar-refractivity contribution in [2.75, 3.05) is 0 Å². The minimum atomic E-state index is -0.282. The molecule has 0 fully saturated rings. The molecule has 1 unspecified atom stereocenters. The van der Waals surface area contributed by atoms with E-state index >= 15 is 0 Å². The maximum atomic E-state index is 13.3. The van der Waals surface area contributed by atoms with Crippen LogP contribution in [0.4, 0.5) is 4.39 Å². The van der Waals surface area contributed by atoms with E-state index in [0.29, 0.717) is 11.0 Å². The molecule has 2 aromatic rings. The predicted octanol–water partition coefficient (Wildman–Crippen LogP) is 2.25. The molecular formula is C11H12BrFN4. The lowest BCUT2D eigenvalue weighted by Crippen LogP contribution is -2.05. The number of hydrogen-bond acceptors (Lipinski definition) is 3. The minimum Gasteiger partial charge on any atom is -0.323 e. The Morgan fingerprint density at radius 2 is 2.29 bits per heavy atom. The number of aromatic nitrogens is 3. The van der Waals surface area contributed by atoms with Crippen molar-refractivity contribution < 1.29 is 4.39 Å². The second-order valence-electron chi connectivity index (χ2n) is 3.84. The van der Waals surface area contributed by atoms with Crippen LogP contribution in [0.5, 0.6) is 0 Å². The molecule has 0 spiro atoms.